The highest BCUT2D eigenvalue weighted by molar-refractivity contribution is 5.22. The van der Waals surface area contributed by atoms with Crippen molar-refractivity contribution in [2.24, 2.45) is 11.8 Å². The highest BCUT2D eigenvalue weighted by Crippen LogP contribution is 2.42. The lowest BCUT2D eigenvalue weighted by atomic mass is 9.76. The van der Waals surface area contributed by atoms with Crippen LogP contribution in [0.25, 0.3) is 0 Å². The summed E-state index contributed by atoms with van der Waals surface area (Å²) in [5.41, 5.74) is 2.57. The summed E-state index contributed by atoms with van der Waals surface area (Å²) in [5, 5.41) is 4.22. The molecule has 0 aliphatic carbocycles. The van der Waals surface area contributed by atoms with Crippen molar-refractivity contribution >= 4 is 0 Å². The van der Waals surface area contributed by atoms with Gasteiger partial charge in [0.15, 0.2) is 5.82 Å². The van der Waals surface area contributed by atoms with Gasteiger partial charge in [0.25, 0.3) is 5.56 Å². The molecule has 31 heavy (non-hydrogen) atoms. The Morgan fingerprint density at radius 2 is 1.94 bits per heavy atom. The van der Waals surface area contributed by atoms with Crippen molar-refractivity contribution in [1.82, 2.24) is 19.6 Å². The number of aromatic nitrogens is 3. The van der Waals surface area contributed by atoms with Gasteiger partial charge in [-0.1, -0.05) is 55.4 Å². The topological polar surface area (TPSA) is 64.2 Å². The lowest BCUT2D eigenvalue weighted by Gasteiger charge is -2.47. The van der Waals surface area contributed by atoms with Crippen molar-refractivity contribution in [1.29, 1.82) is 0 Å². The Bertz CT molecular complexity index is 1090. The molecule has 2 aliphatic heterocycles. The molecule has 2 aromatic heterocycles. The minimum atomic E-state index is 0.123. The van der Waals surface area contributed by atoms with Gasteiger partial charge >= 0.3 is 0 Å². The maximum atomic E-state index is 12.9. The lowest BCUT2D eigenvalue weighted by molar-refractivity contribution is 0.0829. The summed E-state index contributed by atoms with van der Waals surface area (Å²) < 4.78 is 7.53. The zero-order chi connectivity index (χ0) is 21.4. The van der Waals surface area contributed by atoms with E-state index in [1.54, 1.807) is 6.07 Å². The third-order valence-corrected chi connectivity index (χ3v) is 6.62. The van der Waals surface area contributed by atoms with Gasteiger partial charge in [0, 0.05) is 43.2 Å². The molecule has 6 heteroatoms. The third-order valence-electron chi connectivity index (χ3n) is 6.62. The van der Waals surface area contributed by atoms with Gasteiger partial charge in [-0.3, -0.25) is 9.69 Å². The third kappa shape index (κ3) is 4.22. The number of rotatable bonds is 6. The molecule has 5 rings (SSSR count). The van der Waals surface area contributed by atoms with E-state index < -0.39 is 0 Å². The van der Waals surface area contributed by atoms with Crippen LogP contribution in [0.2, 0.25) is 0 Å². The highest BCUT2D eigenvalue weighted by atomic mass is 16.5. The SMILES string of the molecule is CC(C)Cc1nc(CN2C[C@H]3C[C@@H](C2)[C@H](Cc2ccccc2)n2c3cccc2=O)no1. The van der Waals surface area contributed by atoms with E-state index in [4.69, 9.17) is 4.52 Å². The van der Waals surface area contributed by atoms with Crippen LogP contribution in [0.1, 0.15) is 55.2 Å². The smallest absolute Gasteiger partial charge is 0.251 e. The predicted molar refractivity (Wildman–Crippen MR) is 119 cm³/mol. The first-order chi connectivity index (χ1) is 15.1. The van der Waals surface area contributed by atoms with E-state index in [1.807, 2.05) is 12.1 Å². The number of nitrogens with zero attached hydrogens (tertiary/aromatic N) is 4. The quantitative estimate of drug-likeness (QED) is 0.609. The van der Waals surface area contributed by atoms with Crippen LogP contribution in [0.15, 0.2) is 57.8 Å². The largest absolute Gasteiger partial charge is 0.339 e. The lowest BCUT2D eigenvalue weighted by Crippen LogP contribution is -2.49. The second-order valence-electron chi connectivity index (χ2n) is 9.51. The molecule has 1 fully saturated rings. The van der Waals surface area contributed by atoms with Gasteiger partial charge in [0.05, 0.1) is 6.54 Å². The molecule has 0 N–H and O–H groups in total. The van der Waals surface area contributed by atoms with Crippen molar-refractivity contribution in [3.8, 4) is 0 Å². The molecule has 0 spiro atoms. The average Bonchev–Trinajstić information content (AvgIpc) is 3.18. The highest BCUT2D eigenvalue weighted by Gasteiger charge is 2.40. The Morgan fingerprint density at radius 1 is 1.10 bits per heavy atom. The van der Waals surface area contributed by atoms with Crippen LogP contribution in [-0.2, 0) is 19.4 Å². The average molecular weight is 419 g/mol. The Morgan fingerprint density at radius 3 is 2.74 bits per heavy atom. The second kappa shape index (κ2) is 8.42. The van der Waals surface area contributed by atoms with E-state index in [2.05, 4.69) is 63.8 Å². The Hall–Kier alpha value is -2.73. The summed E-state index contributed by atoms with van der Waals surface area (Å²) in [6.07, 6.45) is 2.82. The number of fused-ring (bicyclic) bond motifs is 4. The Balaban J connectivity index is 1.41. The molecule has 0 amide bonds. The van der Waals surface area contributed by atoms with Crippen molar-refractivity contribution in [2.75, 3.05) is 13.1 Å². The first-order valence-corrected chi connectivity index (χ1v) is 11.4. The van der Waals surface area contributed by atoms with Gasteiger partial charge in [-0.25, -0.2) is 0 Å². The fourth-order valence-corrected chi connectivity index (χ4v) is 5.37. The summed E-state index contributed by atoms with van der Waals surface area (Å²) in [6, 6.07) is 16.4. The van der Waals surface area contributed by atoms with Crippen molar-refractivity contribution < 1.29 is 4.52 Å². The van der Waals surface area contributed by atoms with E-state index in [9.17, 15) is 4.79 Å². The number of pyridine rings is 1. The van der Waals surface area contributed by atoms with Crippen LogP contribution in [0, 0.1) is 11.8 Å². The van der Waals surface area contributed by atoms with Crippen molar-refractivity contribution in [3.05, 3.63) is 81.9 Å². The summed E-state index contributed by atoms with van der Waals surface area (Å²) in [4.78, 5) is 19.9. The summed E-state index contributed by atoms with van der Waals surface area (Å²) in [5.74, 6) is 2.77. The molecular formula is C25H30N4O2. The molecule has 0 saturated carbocycles. The zero-order valence-electron chi connectivity index (χ0n) is 18.3. The minimum absolute atomic E-state index is 0.123. The van der Waals surface area contributed by atoms with Crippen LogP contribution in [0.4, 0.5) is 0 Å². The molecule has 0 radical (unpaired) electrons. The number of hydrogen-bond donors (Lipinski definition) is 0. The Labute approximate surface area is 182 Å². The fraction of sp³-hybridized carbons (Fsp3) is 0.480. The van der Waals surface area contributed by atoms with Gasteiger partial charge in [0.1, 0.15) is 0 Å². The number of benzene rings is 1. The molecule has 6 nitrogen and oxygen atoms in total. The fourth-order valence-electron chi connectivity index (χ4n) is 5.37. The number of piperidine rings is 1. The number of hydrogen-bond acceptors (Lipinski definition) is 5. The van der Waals surface area contributed by atoms with E-state index >= 15 is 0 Å². The second-order valence-corrected chi connectivity index (χ2v) is 9.51. The van der Waals surface area contributed by atoms with Gasteiger partial charge in [0.2, 0.25) is 5.89 Å². The summed E-state index contributed by atoms with van der Waals surface area (Å²) >= 11 is 0. The molecule has 2 bridgehead atoms. The first-order valence-electron chi connectivity index (χ1n) is 11.4. The molecule has 1 saturated heterocycles. The molecule has 2 aliphatic rings. The minimum Gasteiger partial charge on any atom is -0.339 e. The van der Waals surface area contributed by atoms with Crippen molar-refractivity contribution in [3.63, 3.8) is 0 Å². The zero-order valence-corrected chi connectivity index (χ0v) is 18.3. The van der Waals surface area contributed by atoms with E-state index in [1.165, 1.54) is 11.3 Å². The van der Waals surface area contributed by atoms with Crippen LogP contribution in [-0.4, -0.2) is 32.7 Å². The van der Waals surface area contributed by atoms with E-state index in [-0.39, 0.29) is 11.6 Å². The van der Waals surface area contributed by atoms with Crippen LogP contribution in [0.3, 0.4) is 0 Å². The predicted octanol–water partition coefficient (Wildman–Crippen LogP) is 3.83. The monoisotopic (exact) mass is 418 g/mol. The molecule has 4 heterocycles. The molecular weight excluding hydrogens is 388 g/mol. The van der Waals surface area contributed by atoms with Gasteiger partial charge in [-0.15, -0.1) is 0 Å². The van der Waals surface area contributed by atoms with E-state index in [0.717, 1.165) is 44.1 Å². The summed E-state index contributed by atoms with van der Waals surface area (Å²) in [6.45, 7) is 6.88. The molecule has 3 aromatic rings. The van der Waals surface area contributed by atoms with Crippen LogP contribution >= 0.6 is 0 Å². The normalized spacial score (nSPS) is 23.1. The van der Waals surface area contributed by atoms with Crippen LogP contribution < -0.4 is 5.56 Å². The van der Waals surface area contributed by atoms with E-state index in [0.29, 0.717) is 24.3 Å². The van der Waals surface area contributed by atoms with Crippen molar-refractivity contribution in [2.45, 2.75) is 51.6 Å². The maximum absolute atomic E-state index is 12.9. The molecule has 162 valence electrons. The standard InChI is InChI=1S/C25H30N4O2/c1-17(2)11-24-26-23(27-31-24)16-28-14-19-13-20(15-28)22(12-18-7-4-3-5-8-18)29-21(19)9-6-10-25(29)30/h3-10,17,19-20,22H,11-16H2,1-2H3/t19-,20+,22+/m1/s1. The maximum Gasteiger partial charge on any atom is 0.251 e. The van der Waals surface area contributed by atoms with Gasteiger partial charge in [-0.2, -0.15) is 4.98 Å². The molecule has 3 atom stereocenters. The molecule has 1 aromatic carbocycles. The van der Waals surface area contributed by atoms with Gasteiger partial charge < -0.3 is 9.09 Å². The Kier molecular flexibility index (Phi) is 5.48. The van der Waals surface area contributed by atoms with Gasteiger partial charge in [-0.05, 0) is 36.3 Å². The van der Waals surface area contributed by atoms with Crippen LogP contribution in [0.5, 0.6) is 0 Å². The molecule has 0 unspecified atom stereocenters. The summed E-state index contributed by atoms with van der Waals surface area (Å²) in [7, 11) is 0. The first kappa shape index (κ1) is 20.2. The number of likely N-dealkylation sites (tertiary alicyclic amines) is 1.